The van der Waals surface area contributed by atoms with E-state index in [2.05, 4.69) is 0 Å². The van der Waals surface area contributed by atoms with Gasteiger partial charge in [-0.15, -0.1) is 0 Å². The Bertz CT molecular complexity index is 735. The summed E-state index contributed by atoms with van der Waals surface area (Å²) in [5.41, 5.74) is 1.13. The maximum atomic E-state index is 11.2. The summed E-state index contributed by atoms with van der Waals surface area (Å²) in [6.45, 7) is -0.191. The van der Waals surface area contributed by atoms with Gasteiger partial charge in [0.05, 0.1) is 0 Å². The van der Waals surface area contributed by atoms with Crippen molar-refractivity contribution in [3.05, 3.63) is 59.7 Å². The van der Waals surface area contributed by atoms with Crippen molar-refractivity contribution >= 4 is 11.9 Å². The number of rotatable bonds is 10. The van der Waals surface area contributed by atoms with Crippen molar-refractivity contribution in [2.45, 2.75) is 13.1 Å². The molecule has 0 heterocycles. The molecule has 27 heavy (non-hydrogen) atoms. The molecule has 0 aromatic heterocycles. The fourth-order valence-corrected chi connectivity index (χ4v) is 5.11. The van der Waals surface area contributed by atoms with Gasteiger partial charge < -0.3 is 0 Å². The van der Waals surface area contributed by atoms with E-state index in [1.165, 1.54) is 12.1 Å². The van der Waals surface area contributed by atoms with Crippen LogP contribution in [0.1, 0.15) is 11.1 Å². The number of hydrogen-bond acceptors (Lipinski definition) is 6. The molecule has 0 unspecified atom stereocenters. The van der Waals surface area contributed by atoms with Crippen LogP contribution in [0.2, 0.25) is 0 Å². The molecular formula is C18H20IN2O6-. The topological polar surface area (TPSA) is 122 Å². The molecule has 4 N–H and O–H groups in total. The zero-order valence-electron chi connectivity index (χ0n) is 14.3. The quantitative estimate of drug-likeness (QED) is 0.236. The fraction of sp³-hybridized carbons (Fsp3) is 0.222. The standard InChI is InChI=1S/C18H20IN2O6/c22-15-7-3-1-5-13(15)9-20(11-17(24)25)19-21(12-18(26)27)10-14-6-2-4-8-16(14)23/h1-8,22-23H,9-12H2,(H,24,25)(H,26,27)/q-1. The van der Waals surface area contributed by atoms with E-state index in [0.29, 0.717) is 11.1 Å². The van der Waals surface area contributed by atoms with Crippen LogP contribution < -0.4 is 21.8 Å². The van der Waals surface area contributed by atoms with Crippen LogP contribution >= 0.6 is 0 Å². The molecule has 146 valence electrons. The Balaban J connectivity index is 2.18. The first-order valence-corrected chi connectivity index (χ1v) is 9.90. The van der Waals surface area contributed by atoms with Gasteiger partial charge in [-0.05, 0) is 0 Å². The van der Waals surface area contributed by atoms with Crippen LogP contribution in [0.4, 0.5) is 0 Å². The first-order valence-electron chi connectivity index (χ1n) is 7.97. The van der Waals surface area contributed by atoms with Crippen molar-refractivity contribution in [1.82, 2.24) is 6.23 Å². The van der Waals surface area contributed by atoms with Crippen LogP contribution in [-0.4, -0.2) is 51.7 Å². The number of carbonyl (C=O) groups is 2. The van der Waals surface area contributed by atoms with Gasteiger partial charge in [-0.25, -0.2) is 0 Å². The molecule has 0 aliphatic carbocycles. The molecule has 8 nitrogen and oxygen atoms in total. The van der Waals surface area contributed by atoms with Crippen LogP contribution in [-0.2, 0) is 22.7 Å². The number of halogens is 1. The van der Waals surface area contributed by atoms with Crippen LogP contribution in [0.5, 0.6) is 11.5 Å². The average Bonchev–Trinajstić information content (AvgIpc) is 2.58. The third kappa shape index (κ3) is 7.04. The number of phenols is 2. The van der Waals surface area contributed by atoms with Crippen LogP contribution in [0.25, 0.3) is 0 Å². The predicted octanol–water partition coefficient (Wildman–Crippen LogP) is -1.51. The molecule has 2 aromatic carbocycles. The molecule has 0 amide bonds. The summed E-state index contributed by atoms with van der Waals surface area (Å²) in [5.74, 6) is -1.96. The van der Waals surface area contributed by atoms with Crippen molar-refractivity contribution in [2.75, 3.05) is 13.1 Å². The van der Waals surface area contributed by atoms with Gasteiger partial charge >= 0.3 is 167 Å². The van der Waals surface area contributed by atoms with E-state index in [9.17, 15) is 30.0 Å². The minimum atomic E-state index is -1.17. The van der Waals surface area contributed by atoms with Gasteiger partial charge in [0.25, 0.3) is 0 Å². The number of aromatic hydroxyl groups is 2. The fourth-order valence-electron chi connectivity index (χ4n) is 2.32. The Morgan fingerprint density at radius 3 is 1.44 bits per heavy atom. The van der Waals surface area contributed by atoms with Crippen molar-refractivity contribution in [1.29, 1.82) is 0 Å². The van der Waals surface area contributed by atoms with Gasteiger partial charge in [-0.2, -0.15) is 0 Å². The number of nitrogens with zero attached hydrogens (tertiary/aromatic N) is 2. The van der Waals surface area contributed by atoms with Gasteiger partial charge in [-0.1, -0.05) is 0 Å². The minimum absolute atomic E-state index is 0.0578. The van der Waals surface area contributed by atoms with Gasteiger partial charge in [0, 0.05) is 0 Å². The second-order valence-electron chi connectivity index (χ2n) is 5.68. The molecule has 2 rings (SSSR count). The van der Waals surface area contributed by atoms with Gasteiger partial charge in [-0.3, -0.25) is 0 Å². The van der Waals surface area contributed by atoms with E-state index < -0.39 is 33.7 Å². The Morgan fingerprint density at radius 2 is 1.11 bits per heavy atom. The summed E-state index contributed by atoms with van der Waals surface area (Å²) < 4.78 is 3.25. The third-order valence-electron chi connectivity index (χ3n) is 3.49. The second kappa shape index (κ2) is 10.1. The number of hydrogen-bond donors (Lipinski definition) is 4. The van der Waals surface area contributed by atoms with Crippen molar-refractivity contribution < 1.29 is 51.8 Å². The maximum absolute atomic E-state index is 11.2. The van der Waals surface area contributed by atoms with E-state index in [-0.39, 0.29) is 37.7 Å². The Labute approximate surface area is 167 Å². The zero-order valence-corrected chi connectivity index (χ0v) is 16.5. The van der Waals surface area contributed by atoms with Crippen LogP contribution in [0, 0.1) is 0 Å². The van der Waals surface area contributed by atoms with E-state index >= 15 is 0 Å². The molecule has 0 aliphatic heterocycles. The first-order chi connectivity index (χ1) is 12.8. The molecule has 9 heteroatoms. The molecule has 0 atom stereocenters. The Hall–Kier alpha value is -2.37. The molecule has 0 saturated heterocycles. The Morgan fingerprint density at radius 1 is 0.741 bits per heavy atom. The van der Waals surface area contributed by atoms with E-state index in [4.69, 9.17) is 0 Å². The summed E-state index contributed by atoms with van der Waals surface area (Å²) in [7, 11) is 0. The predicted molar refractivity (Wildman–Crippen MR) is 92.3 cm³/mol. The molecule has 0 bridgehead atoms. The Kier molecular flexibility index (Phi) is 7.82. The van der Waals surface area contributed by atoms with Gasteiger partial charge in [0.1, 0.15) is 0 Å². The number of carboxylic acids is 2. The monoisotopic (exact) mass is 487 g/mol. The molecule has 0 saturated carbocycles. The number of aliphatic carboxylic acids is 2. The second-order valence-corrected chi connectivity index (χ2v) is 8.84. The van der Waals surface area contributed by atoms with Gasteiger partial charge in [0.15, 0.2) is 0 Å². The van der Waals surface area contributed by atoms with E-state index in [1.807, 2.05) is 0 Å². The first kappa shape index (κ1) is 20.9. The summed E-state index contributed by atoms with van der Waals surface area (Å²) in [6, 6.07) is 13.2. The van der Waals surface area contributed by atoms with Crippen LogP contribution in [0.3, 0.4) is 0 Å². The van der Waals surface area contributed by atoms with E-state index in [0.717, 1.165) is 0 Å². The summed E-state index contributed by atoms with van der Waals surface area (Å²) in [5, 5.41) is 38.3. The summed E-state index contributed by atoms with van der Waals surface area (Å²) >= 11 is -1.17. The van der Waals surface area contributed by atoms with E-state index in [1.54, 1.807) is 42.6 Å². The molecule has 0 radical (unpaired) electrons. The normalized spacial score (nSPS) is 11.2. The number of phenolic OH excluding ortho intramolecular Hbond substituents is 2. The van der Waals surface area contributed by atoms with Crippen molar-refractivity contribution in [2.24, 2.45) is 0 Å². The molecule has 0 fully saturated rings. The SMILES string of the molecule is O=C(O)CN(Cc1ccccc1O)[I-]N(CC(=O)O)Cc1ccccc1O. The molecular weight excluding hydrogens is 467 g/mol. The summed E-state index contributed by atoms with van der Waals surface area (Å²) in [6.07, 6.45) is 0. The third-order valence-corrected chi connectivity index (χ3v) is 6.08. The van der Waals surface area contributed by atoms with Gasteiger partial charge in [0.2, 0.25) is 0 Å². The number of carboxylic acid groups (broad SMARTS) is 2. The molecule has 0 spiro atoms. The van der Waals surface area contributed by atoms with Crippen molar-refractivity contribution in [3.63, 3.8) is 0 Å². The van der Waals surface area contributed by atoms with Crippen LogP contribution in [0.15, 0.2) is 48.5 Å². The number of para-hydroxylation sites is 2. The molecule has 2 aromatic rings. The average molecular weight is 487 g/mol. The summed E-state index contributed by atoms with van der Waals surface area (Å²) in [4.78, 5) is 22.5. The number of benzene rings is 2. The molecule has 0 aliphatic rings. The van der Waals surface area contributed by atoms with Crippen molar-refractivity contribution in [3.8, 4) is 11.5 Å². The zero-order chi connectivity index (χ0) is 19.8.